The van der Waals surface area contributed by atoms with E-state index in [4.69, 9.17) is 4.74 Å². The third-order valence-electron chi connectivity index (χ3n) is 3.57. The van der Waals surface area contributed by atoms with Crippen molar-refractivity contribution in [3.8, 4) is 0 Å². The summed E-state index contributed by atoms with van der Waals surface area (Å²) in [5.41, 5.74) is 0.493. The summed E-state index contributed by atoms with van der Waals surface area (Å²) >= 11 is 1.44. The molecular formula is C18H31NO4S. The molecule has 24 heavy (non-hydrogen) atoms. The fraction of sp³-hybridized carbons (Fsp3) is 0.722. The van der Waals surface area contributed by atoms with Gasteiger partial charge in [-0.3, -0.25) is 0 Å². The minimum atomic E-state index is -1.06. The number of alkyl carbamates (subject to hydrolysis) is 1. The first kappa shape index (κ1) is 20.9. The van der Waals surface area contributed by atoms with Crippen molar-refractivity contribution in [1.29, 1.82) is 0 Å². The first-order chi connectivity index (χ1) is 11.2. The Morgan fingerprint density at radius 3 is 2.62 bits per heavy atom. The molecule has 0 aliphatic heterocycles. The molecule has 1 aromatic heterocycles. The quantitative estimate of drug-likeness (QED) is 0.588. The lowest BCUT2D eigenvalue weighted by atomic mass is 10.0. The molecular weight excluding hydrogens is 326 g/mol. The second-order valence-electron chi connectivity index (χ2n) is 7.02. The third kappa shape index (κ3) is 7.64. The topological polar surface area (TPSA) is 78.8 Å². The lowest BCUT2D eigenvalue weighted by Crippen LogP contribution is -2.38. The first-order valence-corrected chi connectivity index (χ1v) is 9.51. The van der Waals surface area contributed by atoms with E-state index in [-0.39, 0.29) is 6.54 Å². The molecule has 1 amide bonds. The number of aliphatic hydroxyl groups is 2. The molecule has 0 saturated heterocycles. The smallest absolute Gasteiger partial charge is 0.407 e. The van der Waals surface area contributed by atoms with Gasteiger partial charge in [0.1, 0.15) is 17.8 Å². The van der Waals surface area contributed by atoms with Gasteiger partial charge in [0.2, 0.25) is 0 Å². The maximum absolute atomic E-state index is 11.6. The van der Waals surface area contributed by atoms with Gasteiger partial charge in [-0.2, -0.15) is 0 Å². The van der Waals surface area contributed by atoms with E-state index in [1.54, 1.807) is 20.8 Å². The van der Waals surface area contributed by atoms with E-state index in [9.17, 15) is 15.0 Å². The number of hydrogen-bond donors (Lipinski definition) is 3. The summed E-state index contributed by atoms with van der Waals surface area (Å²) in [6.45, 7) is 7.44. The van der Waals surface area contributed by atoms with Crippen LogP contribution in [0.3, 0.4) is 0 Å². The predicted octanol–water partition coefficient (Wildman–Crippen LogP) is 3.79. The number of rotatable bonds is 9. The highest BCUT2D eigenvalue weighted by atomic mass is 32.1. The largest absolute Gasteiger partial charge is 0.444 e. The number of carbonyl (C=O) groups excluding carboxylic acids is 1. The van der Waals surface area contributed by atoms with Crippen LogP contribution < -0.4 is 5.32 Å². The Morgan fingerprint density at radius 1 is 1.29 bits per heavy atom. The van der Waals surface area contributed by atoms with Crippen molar-refractivity contribution in [3.63, 3.8) is 0 Å². The Hall–Kier alpha value is -1.11. The minimum absolute atomic E-state index is 0.0523. The molecule has 6 heteroatoms. The molecule has 0 saturated carbocycles. The van der Waals surface area contributed by atoms with Gasteiger partial charge in [0.05, 0.1) is 0 Å². The first-order valence-electron chi connectivity index (χ1n) is 8.64. The van der Waals surface area contributed by atoms with E-state index in [0.717, 1.165) is 23.3 Å². The van der Waals surface area contributed by atoms with Crippen LogP contribution in [0.1, 0.15) is 69.9 Å². The zero-order chi connectivity index (χ0) is 18.2. The molecule has 0 aromatic carbocycles. The molecule has 0 fully saturated rings. The van der Waals surface area contributed by atoms with E-state index in [1.807, 2.05) is 11.4 Å². The Balaban J connectivity index is 2.49. The molecule has 138 valence electrons. The van der Waals surface area contributed by atoms with E-state index >= 15 is 0 Å². The highest BCUT2D eigenvalue weighted by molar-refractivity contribution is 7.10. The summed E-state index contributed by atoms with van der Waals surface area (Å²) in [6, 6.07) is 2.00. The molecule has 0 aliphatic rings. The maximum Gasteiger partial charge on any atom is 0.407 e. The maximum atomic E-state index is 11.6. The van der Waals surface area contributed by atoms with Crippen LogP contribution in [0.25, 0.3) is 0 Å². The number of aryl methyl sites for hydroxylation is 1. The number of aliphatic hydroxyl groups excluding tert-OH is 2. The van der Waals surface area contributed by atoms with Crippen molar-refractivity contribution >= 4 is 17.4 Å². The van der Waals surface area contributed by atoms with Gasteiger partial charge in [0.15, 0.2) is 0 Å². The van der Waals surface area contributed by atoms with Gasteiger partial charge in [-0.15, -0.1) is 11.3 Å². The lowest BCUT2D eigenvalue weighted by Gasteiger charge is -2.22. The van der Waals surface area contributed by atoms with Gasteiger partial charge in [0.25, 0.3) is 0 Å². The zero-order valence-electron chi connectivity index (χ0n) is 15.2. The summed E-state index contributed by atoms with van der Waals surface area (Å²) < 4.78 is 5.12. The fourth-order valence-electron chi connectivity index (χ4n) is 2.34. The van der Waals surface area contributed by atoms with E-state index in [1.165, 1.54) is 30.6 Å². The average molecular weight is 358 g/mol. The number of thiophene rings is 1. The Kier molecular flexibility index (Phi) is 8.73. The average Bonchev–Trinajstić information content (AvgIpc) is 2.95. The number of unbranched alkanes of at least 4 members (excludes halogenated alkanes) is 3. The summed E-state index contributed by atoms with van der Waals surface area (Å²) in [5, 5.41) is 25.0. The molecule has 2 atom stereocenters. The normalized spacial score (nSPS) is 14.2. The van der Waals surface area contributed by atoms with Crippen LogP contribution in [0, 0.1) is 0 Å². The number of ether oxygens (including phenoxy) is 1. The second kappa shape index (κ2) is 10.0. The van der Waals surface area contributed by atoms with Crippen LogP contribution in [0.15, 0.2) is 11.4 Å². The van der Waals surface area contributed by atoms with Crippen molar-refractivity contribution in [2.45, 2.75) is 77.6 Å². The van der Waals surface area contributed by atoms with Gasteiger partial charge in [-0.05, 0) is 50.6 Å². The van der Waals surface area contributed by atoms with Crippen molar-refractivity contribution in [2.75, 3.05) is 6.54 Å². The third-order valence-corrected chi connectivity index (χ3v) is 4.60. The molecule has 1 aromatic rings. The van der Waals surface area contributed by atoms with Crippen molar-refractivity contribution < 1.29 is 19.7 Å². The van der Waals surface area contributed by atoms with Crippen LogP contribution in [-0.4, -0.2) is 34.6 Å². The van der Waals surface area contributed by atoms with Crippen LogP contribution >= 0.6 is 11.3 Å². The summed E-state index contributed by atoms with van der Waals surface area (Å²) in [4.78, 5) is 12.4. The van der Waals surface area contributed by atoms with Crippen molar-refractivity contribution in [2.24, 2.45) is 0 Å². The van der Waals surface area contributed by atoms with Gasteiger partial charge in [0, 0.05) is 11.4 Å². The van der Waals surface area contributed by atoms with E-state index < -0.39 is 23.9 Å². The number of carbonyl (C=O) groups is 1. The lowest BCUT2D eigenvalue weighted by molar-refractivity contribution is 0.0143. The van der Waals surface area contributed by atoms with Crippen molar-refractivity contribution in [3.05, 3.63) is 21.9 Å². The number of hydrogen-bond acceptors (Lipinski definition) is 5. The van der Waals surface area contributed by atoms with Gasteiger partial charge in [-0.1, -0.05) is 26.2 Å². The predicted molar refractivity (Wildman–Crippen MR) is 97.4 cm³/mol. The molecule has 0 spiro atoms. The van der Waals surface area contributed by atoms with Crippen LogP contribution in [0.5, 0.6) is 0 Å². The van der Waals surface area contributed by atoms with E-state index in [0.29, 0.717) is 0 Å². The van der Waals surface area contributed by atoms with Gasteiger partial charge in [-0.25, -0.2) is 4.79 Å². The fourth-order valence-corrected chi connectivity index (χ4v) is 3.34. The standard InChI is InChI=1S/C18H31NO4S/c1-5-6-7-8-9-13-10-11-24-16(13)15(21)14(20)12-19-17(22)23-18(2,3)4/h10-11,14-15,20-21H,5-9,12H2,1-4H3,(H,19,22). The number of amides is 1. The monoisotopic (exact) mass is 357 g/mol. The molecule has 1 heterocycles. The molecule has 3 N–H and O–H groups in total. The van der Waals surface area contributed by atoms with E-state index in [2.05, 4.69) is 12.2 Å². The molecule has 5 nitrogen and oxygen atoms in total. The molecule has 1 rings (SSSR count). The minimum Gasteiger partial charge on any atom is -0.444 e. The SMILES string of the molecule is CCCCCCc1ccsc1C(O)C(O)CNC(=O)OC(C)(C)C. The number of nitrogens with one attached hydrogen (secondary N) is 1. The highest BCUT2D eigenvalue weighted by Crippen LogP contribution is 2.28. The molecule has 0 bridgehead atoms. The van der Waals surface area contributed by atoms with Gasteiger partial charge >= 0.3 is 6.09 Å². The van der Waals surface area contributed by atoms with Crippen LogP contribution in [0.4, 0.5) is 4.79 Å². The Morgan fingerprint density at radius 2 is 2.00 bits per heavy atom. The Bertz CT molecular complexity index is 495. The summed E-state index contributed by atoms with van der Waals surface area (Å²) in [6.07, 6.45) is 2.90. The summed E-state index contributed by atoms with van der Waals surface area (Å²) in [7, 11) is 0. The molecule has 2 unspecified atom stereocenters. The summed E-state index contributed by atoms with van der Waals surface area (Å²) in [5.74, 6) is 0. The second-order valence-corrected chi connectivity index (χ2v) is 7.96. The van der Waals surface area contributed by atoms with Crippen LogP contribution in [-0.2, 0) is 11.2 Å². The molecule has 0 radical (unpaired) electrons. The highest BCUT2D eigenvalue weighted by Gasteiger charge is 2.24. The Labute approximate surface area is 149 Å². The van der Waals surface area contributed by atoms with Crippen LogP contribution in [0.2, 0.25) is 0 Å². The van der Waals surface area contributed by atoms with Gasteiger partial charge < -0.3 is 20.3 Å². The molecule has 0 aliphatic carbocycles. The van der Waals surface area contributed by atoms with Crippen molar-refractivity contribution in [1.82, 2.24) is 5.32 Å². The zero-order valence-corrected chi connectivity index (χ0v) is 16.0.